The van der Waals surface area contributed by atoms with Gasteiger partial charge in [0.1, 0.15) is 0 Å². The number of carbonyl (C=O) groups is 2. The number of hydrogen-bond donors (Lipinski definition) is 1. The van der Waals surface area contributed by atoms with Crippen LogP contribution in [0.5, 0.6) is 11.5 Å². The molecule has 0 fully saturated rings. The Bertz CT molecular complexity index is 766. The standard InChI is InChI=1S/C16H19N3O5S2/c1-22-11-6-4-10(8-12(11)23-2)5-7-13(20)17-15-18-19-16(26-15)25-9-14(21)24-3/h4,6,8H,5,7,9H2,1-3H3,(H,17,18,20). The van der Waals surface area contributed by atoms with Gasteiger partial charge in [0, 0.05) is 6.42 Å². The number of aromatic nitrogens is 2. The SMILES string of the molecule is COC(=O)CSc1nnc(NC(=O)CCc2ccc(OC)c(OC)c2)s1. The van der Waals surface area contributed by atoms with Crippen LogP contribution in [0.25, 0.3) is 0 Å². The molecule has 0 aliphatic heterocycles. The minimum absolute atomic E-state index is 0.151. The lowest BCUT2D eigenvalue weighted by atomic mass is 10.1. The molecule has 0 unspecified atom stereocenters. The number of nitrogens with zero attached hydrogens (tertiary/aromatic N) is 2. The van der Waals surface area contributed by atoms with E-state index in [2.05, 4.69) is 20.3 Å². The molecule has 0 aliphatic carbocycles. The van der Waals surface area contributed by atoms with Crippen molar-refractivity contribution in [3.8, 4) is 11.5 Å². The van der Waals surface area contributed by atoms with Crippen LogP contribution in [-0.4, -0.2) is 49.2 Å². The van der Waals surface area contributed by atoms with Crippen molar-refractivity contribution in [2.75, 3.05) is 32.4 Å². The van der Waals surface area contributed by atoms with E-state index in [4.69, 9.17) is 9.47 Å². The first-order chi connectivity index (χ1) is 12.5. The number of benzene rings is 1. The largest absolute Gasteiger partial charge is 0.493 e. The van der Waals surface area contributed by atoms with Crippen LogP contribution in [0.2, 0.25) is 0 Å². The lowest BCUT2D eigenvalue weighted by Gasteiger charge is -2.09. The van der Waals surface area contributed by atoms with Crippen molar-refractivity contribution in [2.45, 2.75) is 17.2 Å². The second-order valence-corrected chi connectivity index (χ2v) is 7.18. The van der Waals surface area contributed by atoms with Crippen LogP contribution < -0.4 is 14.8 Å². The number of amides is 1. The zero-order valence-electron chi connectivity index (χ0n) is 14.6. The summed E-state index contributed by atoms with van der Waals surface area (Å²) in [6.45, 7) is 0. The zero-order chi connectivity index (χ0) is 18.9. The molecule has 1 aromatic heterocycles. The number of methoxy groups -OCH3 is 3. The number of ether oxygens (including phenoxy) is 3. The monoisotopic (exact) mass is 397 g/mol. The first-order valence-electron chi connectivity index (χ1n) is 7.59. The fourth-order valence-electron chi connectivity index (χ4n) is 1.97. The molecule has 0 radical (unpaired) electrons. The molecule has 140 valence electrons. The molecule has 0 spiro atoms. The molecule has 0 saturated heterocycles. The van der Waals surface area contributed by atoms with Crippen LogP contribution >= 0.6 is 23.1 Å². The highest BCUT2D eigenvalue weighted by molar-refractivity contribution is 8.01. The van der Waals surface area contributed by atoms with Crippen LogP contribution in [-0.2, 0) is 20.7 Å². The molecule has 1 amide bonds. The van der Waals surface area contributed by atoms with Crippen molar-refractivity contribution in [3.05, 3.63) is 23.8 Å². The van der Waals surface area contributed by atoms with Gasteiger partial charge in [0.15, 0.2) is 15.8 Å². The summed E-state index contributed by atoms with van der Waals surface area (Å²) in [7, 11) is 4.47. The van der Waals surface area contributed by atoms with E-state index in [9.17, 15) is 9.59 Å². The van der Waals surface area contributed by atoms with Gasteiger partial charge in [-0.3, -0.25) is 9.59 Å². The summed E-state index contributed by atoms with van der Waals surface area (Å²) in [5, 5.41) is 10.9. The molecule has 2 aromatic rings. The van der Waals surface area contributed by atoms with Gasteiger partial charge in [-0.25, -0.2) is 0 Å². The third kappa shape index (κ3) is 5.88. The van der Waals surface area contributed by atoms with Gasteiger partial charge in [0.25, 0.3) is 0 Å². The molecule has 0 saturated carbocycles. The summed E-state index contributed by atoms with van der Waals surface area (Å²) in [5.41, 5.74) is 0.962. The number of aryl methyl sites for hydroxylation is 1. The lowest BCUT2D eigenvalue weighted by molar-refractivity contribution is -0.137. The summed E-state index contributed by atoms with van der Waals surface area (Å²) in [6.07, 6.45) is 0.842. The van der Waals surface area contributed by atoms with Crippen LogP contribution in [0.3, 0.4) is 0 Å². The second-order valence-electron chi connectivity index (χ2n) is 4.98. The Kier molecular flexibility index (Phi) is 7.67. The quantitative estimate of drug-likeness (QED) is 0.391. The van der Waals surface area contributed by atoms with Crippen molar-refractivity contribution in [2.24, 2.45) is 0 Å². The van der Waals surface area contributed by atoms with Gasteiger partial charge < -0.3 is 19.5 Å². The van der Waals surface area contributed by atoms with Crippen LogP contribution in [0, 0.1) is 0 Å². The number of rotatable bonds is 9. The van der Waals surface area contributed by atoms with Gasteiger partial charge in [-0.15, -0.1) is 10.2 Å². The highest BCUT2D eigenvalue weighted by Crippen LogP contribution is 2.28. The molecule has 1 aromatic carbocycles. The van der Waals surface area contributed by atoms with E-state index in [-0.39, 0.29) is 17.6 Å². The molecule has 2 rings (SSSR count). The van der Waals surface area contributed by atoms with Gasteiger partial charge >= 0.3 is 5.97 Å². The topological polar surface area (TPSA) is 99.6 Å². The average Bonchev–Trinajstić information content (AvgIpc) is 3.11. The zero-order valence-corrected chi connectivity index (χ0v) is 16.2. The Balaban J connectivity index is 1.84. The van der Waals surface area contributed by atoms with Gasteiger partial charge in [0.2, 0.25) is 11.0 Å². The average molecular weight is 397 g/mol. The first kappa shape index (κ1) is 20.0. The van der Waals surface area contributed by atoms with Crippen molar-refractivity contribution in [3.63, 3.8) is 0 Å². The third-order valence-electron chi connectivity index (χ3n) is 3.28. The summed E-state index contributed by atoms with van der Waals surface area (Å²) in [5.74, 6) is 0.915. The molecule has 1 N–H and O–H groups in total. The normalized spacial score (nSPS) is 10.3. The number of thioether (sulfide) groups is 1. The maximum absolute atomic E-state index is 12.1. The summed E-state index contributed by atoms with van der Waals surface area (Å²) in [6, 6.07) is 5.54. The predicted molar refractivity (Wildman–Crippen MR) is 99.1 cm³/mol. The van der Waals surface area contributed by atoms with Gasteiger partial charge in [-0.1, -0.05) is 29.2 Å². The number of carbonyl (C=O) groups excluding carboxylic acids is 2. The van der Waals surface area contributed by atoms with E-state index in [0.717, 1.165) is 5.56 Å². The number of nitrogens with one attached hydrogen (secondary N) is 1. The smallest absolute Gasteiger partial charge is 0.316 e. The Morgan fingerprint density at radius 2 is 1.92 bits per heavy atom. The van der Waals surface area contributed by atoms with Crippen LogP contribution in [0.15, 0.2) is 22.5 Å². The van der Waals surface area contributed by atoms with Crippen LogP contribution in [0.1, 0.15) is 12.0 Å². The van der Waals surface area contributed by atoms with Crippen molar-refractivity contribution >= 4 is 40.1 Å². The molecule has 1 heterocycles. The molecular weight excluding hydrogens is 378 g/mol. The molecule has 0 aliphatic rings. The first-order valence-corrected chi connectivity index (χ1v) is 9.39. The van der Waals surface area contributed by atoms with E-state index in [1.165, 1.54) is 30.2 Å². The van der Waals surface area contributed by atoms with E-state index in [1.807, 2.05) is 18.2 Å². The van der Waals surface area contributed by atoms with Gasteiger partial charge in [-0.2, -0.15) is 0 Å². The summed E-state index contributed by atoms with van der Waals surface area (Å²) >= 11 is 2.42. The Morgan fingerprint density at radius 3 is 2.62 bits per heavy atom. The summed E-state index contributed by atoms with van der Waals surface area (Å²) < 4.78 is 15.6. The van der Waals surface area contributed by atoms with E-state index in [1.54, 1.807) is 14.2 Å². The molecule has 26 heavy (non-hydrogen) atoms. The van der Waals surface area contributed by atoms with Crippen molar-refractivity contribution < 1.29 is 23.8 Å². The highest BCUT2D eigenvalue weighted by atomic mass is 32.2. The predicted octanol–water partition coefficient (Wildman–Crippen LogP) is 2.39. The molecular formula is C16H19N3O5S2. The van der Waals surface area contributed by atoms with Crippen molar-refractivity contribution in [1.82, 2.24) is 10.2 Å². The Morgan fingerprint density at radius 1 is 1.15 bits per heavy atom. The Hall–Kier alpha value is -2.33. The van der Waals surface area contributed by atoms with E-state index < -0.39 is 0 Å². The number of esters is 1. The summed E-state index contributed by atoms with van der Waals surface area (Å²) in [4.78, 5) is 23.2. The third-order valence-corrected chi connectivity index (χ3v) is 5.23. The fraction of sp³-hybridized carbons (Fsp3) is 0.375. The van der Waals surface area contributed by atoms with E-state index in [0.29, 0.717) is 33.8 Å². The fourth-order valence-corrected chi connectivity index (χ4v) is 3.57. The lowest BCUT2D eigenvalue weighted by Crippen LogP contribution is -2.12. The van der Waals surface area contributed by atoms with Gasteiger partial charge in [0.05, 0.1) is 27.1 Å². The second kappa shape index (κ2) is 9.97. The minimum atomic E-state index is -0.342. The highest BCUT2D eigenvalue weighted by Gasteiger charge is 2.11. The van der Waals surface area contributed by atoms with Gasteiger partial charge in [-0.05, 0) is 24.1 Å². The number of anilines is 1. The van der Waals surface area contributed by atoms with Crippen molar-refractivity contribution in [1.29, 1.82) is 0 Å². The molecule has 0 atom stereocenters. The number of hydrogen-bond acceptors (Lipinski definition) is 9. The molecule has 0 bridgehead atoms. The van der Waals surface area contributed by atoms with Crippen LogP contribution in [0.4, 0.5) is 5.13 Å². The maximum atomic E-state index is 12.1. The Labute approximate surface area is 159 Å². The molecule has 10 heteroatoms. The minimum Gasteiger partial charge on any atom is -0.493 e. The maximum Gasteiger partial charge on any atom is 0.316 e. The van der Waals surface area contributed by atoms with E-state index >= 15 is 0 Å². The molecule has 8 nitrogen and oxygen atoms in total.